The third-order valence-electron chi connectivity index (χ3n) is 4.15. The van der Waals surface area contributed by atoms with E-state index in [1.807, 2.05) is 18.2 Å². The first-order chi connectivity index (χ1) is 10.9. The third-order valence-corrected chi connectivity index (χ3v) is 4.15. The summed E-state index contributed by atoms with van der Waals surface area (Å²) in [6.07, 6.45) is 2.12. The molecule has 1 aliphatic rings. The molecule has 5 rings (SSSR count). The van der Waals surface area contributed by atoms with Crippen LogP contribution in [0.3, 0.4) is 0 Å². The summed E-state index contributed by atoms with van der Waals surface area (Å²) in [7, 11) is 0. The zero-order valence-electron chi connectivity index (χ0n) is 11.8. The van der Waals surface area contributed by atoms with E-state index in [1.54, 1.807) is 0 Å². The normalized spacial score (nSPS) is 13.2. The van der Waals surface area contributed by atoms with Gasteiger partial charge in [0.25, 0.3) is 0 Å². The van der Waals surface area contributed by atoms with Gasteiger partial charge in [-0.2, -0.15) is 0 Å². The van der Waals surface area contributed by atoms with Crippen molar-refractivity contribution in [2.45, 2.75) is 0 Å². The molecule has 0 unspecified atom stereocenters. The fraction of sp³-hybridized carbons (Fsp3) is 0. The number of nitrogens with zero attached hydrogens (tertiary/aromatic N) is 1. The van der Waals surface area contributed by atoms with Crippen LogP contribution in [0.25, 0.3) is 33.5 Å². The molecule has 2 heteroatoms. The quantitative estimate of drug-likeness (QED) is 0.463. The van der Waals surface area contributed by atoms with Crippen molar-refractivity contribution in [3.63, 3.8) is 0 Å². The SMILES string of the molecule is C1=C(c2cc3ccccc3o2)[N]c2ccc3ccccc3c21. The molecular formula is C20H12NO. The first-order valence-electron chi connectivity index (χ1n) is 7.33. The fourth-order valence-corrected chi connectivity index (χ4v) is 3.07. The molecular weight excluding hydrogens is 270 g/mol. The molecule has 1 aromatic heterocycles. The molecule has 0 amide bonds. The minimum Gasteiger partial charge on any atom is -0.454 e. The van der Waals surface area contributed by atoms with Gasteiger partial charge in [0, 0.05) is 10.9 Å². The molecule has 0 fully saturated rings. The van der Waals surface area contributed by atoms with E-state index in [-0.39, 0.29) is 0 Å². The van der Waals surface area contributed by atoms with Crippen LogP contribution in [-0.4, -0.2) is 0 Å². The van der Waals surface area contributed by atoms with Gasteiger partial charge >= 0.3 is 0 Å². The van der Waals surface area contributed by atoms with E-state index in [1.165, 1.54) is 16.3 Å². The second-order valence-corrected chi connectivity index (χ2v) is 5.51. The van der Waals surface area contributed by atoms with Gasteiger partial charge < -0.3 is 4.42 Å². The summed E-state index contributed by atoms with van der Waals surface area (Å²) in [5.74, 6) is 0.821. The van der Waals surface area contributed by atoms with Crippen LogP contribution in [-0.2, 0) is 0 Å². The third kappa shape index (κ3) is 1.61. The second-order valence-electron chi connectivity index (χ2n) is 5.51. The van der Waals surface area contributed by atoms with E-state index in [4.69, 9.17) is 9.73 Å². The highest BCUT2D eigenvalue weighted by Crippen LogP contribution is 2.38. The highest BCUT2D eigenvalue weighted by molar-refractivity contribution is 6.03. The molecule has 0 N–H and O–H groups in total. The Labute approximate surface area is 127 Å². The number of rotatable bonds is 1. The minimum atomic E-state index is 0.821. The molecule has 4 aromatic rings. The Bertz CT molecular complexity index is 1020. The molecule has 2 heterocycles. The van der Waals surface area contributed by atoms with Gasteiger partial charge in [0.15, 0.2) is 5.76 Å². The lowest BCUT2D eigenvalue weighted by Gasteiger charge is -2.02. The molecule has 3 aromatic carbocycles. The Morgan fingerprint density at radius 3 is 2.50 bits per heavy atom. The van der Waals surface area contributed by atoms with Gasteiger partial charge in [0.2, 0.25) is 0 Å². The summed E-state index contributed by atoms with van der Waals surface area (Å²) in [5, 5.41) is 8.31. The molecule has 103 valence electrons. The highest BCUT2D eigenvalue weighted by Gasteiger charge is 2.20. The molecule has 1 radical (unpaired) electrons. The van der Waals surface area contributed by atoms with Crippen LogP contribution in [0.1, 0.15) is 11.3 Å². The van der Waals surface area contributed by atoms with Crippen LogP contribution in [0.2, 0.25) is 0 Å². The van der Waals surface area contributed by atoms with Crippen molar-refractivity contribution < 1.29 is 4.42 Å². The van der Waals surface area contributed by atoms with Gasteiger partial charge in [0.1, 0.15) is 11.3 Å². The maximum Gasteiger partial charge on any atom is 0.153 e. The van der Waals surface area contributed by atoms with Crippen LogP contribution in [0.4, 0.5) is 5.69 Å². The molecule has 2 nitrogen and oxygen atoms in total. The monoisotopic (exact) mass is 282 g/mol. The second kappa shape index (κ2) is 4.25. The maximum atomic E-state index is 5.93. The zero-order valence-corrected chi connectivity index (χ0v) is 11.8. The number of hydrogen-bond acceptors (Lipinski definition) is 1. The van der Waals surface area contributed by atoms with Crippen molar-refractivity contribution in [3.05, 3.63) is 78.1 Å². The smallest absolute Gasteiger partial charge is 0.153 e. The van der Waals surface area contributed by atoms with E-state index in [0.29, 0.717) is 0 Å². The van der Waals surface area contributed by atoms with Gasteiger partial charge in [-0.1, -0.05) is 48.5 Å². The molecule has 0 spiro atoms. The molecule has 0 bridgehead atoms. The Kier molecular flexibility index (Phi) is 2.25. The van der Waals surface area contributed by atoms with Gasteiger partial charge in [0.05, 0.1) is 5.69 Å². The summed E-state index contributed by atoms with van der Waals surface area (Å²) in [6, 6.07) is 22.7. The first-order valence-corrected chi connectivity index (χ1v) is 7.33. The van der Waals surface area contributed by atoms with E-state index in [2.05, 4.69) is 54.6 Å². The van der Waals surface area contributed by atoms with E-state index < -0.39 is 0 Å². The maximum absolute atomic E-state index is 5.93. The van der Waals surface area contributed by atoms with Crippen LogP contribution < -0.4 is 5.32 Å². The minimum absolute atomic E-state index is 0.821. The Hall–Kier alpha value is -3.00. The van der Waals surface area contributed by atoms with Crippen molar-refractivity contribution in [3.8, 4) is 0 Å². The number of hydrogen-bond donors (Lipinski definition) is 0. The van der Waals surface area contributed by atoms with E-state index in [9.17, 15) is 0 Å². The average molecular weight is 282 g/mol. The van der Waals surface area contributed by atoms with Crippen LogP contribution in [0.15, 0.2) is 71.1 Å². The lowest BCUT2D eigenvalue weighted by Crippen LogP contribution is -1.90. The molecule has 1 aliphatic heterocycles. The van der Waals surface area contributed by atoms with Gasteiger partial charge in [-0.05, 0) is 35.0 Å². The standard InChI is InChI=1S/C20H12NO/c1-3-7-15-13(5-1)9-10-17-16(15)12-18(21-17)20-11-14-6-2-4-8-19(14)22-20/h1-12H. The summed E-state index contributed by atoms with van der Waals surface area (Å²) in [6.45, 7) is 0. The molecule has 0 atom stereocenters. The Balaban J connectivity index is 1.69. The number of para-hydroxylation sites is 1. The molecule has 0 aliphatic carbocycles. The first kappa shape index (κ1) is 11.6. The zero-order chi connectivity index (χ0) is 14.5. The average Bonchev–Trinajstić information content (AvgIpc) is 3.18. The van der Waals surface area contributed by atoms with Crippen LogP contribution in [0.5, 0.6) is 0 Å². The van der Waals surface area contributed by atoms with Gasteiger partial charge in [-0.15, -0.1) is 0 Å². The predicted octanol–water partition coefficient (Wildman–Crippen LogP) is 5.33. The Morgan fingerprint density at radius 2 is 1.59 bits per heavy atom. The van der Waals surface area contributed by atoms with Gasteiger partial charge in [-0.25, -0.2) is 5.32 Å². The Morgan fingerprint density at radius 1 is 0.773 bits per heavy atom. The summed E-state index contributed by atoms with van der Waals surface area (Å²) < 4.78 is 5.93. The fourth-order valence-electron chi connectivity index (χ4n) is 3.07. The van der Waals surface area contributed by atoms with Crippen LogP contribution >= 0.6 is 0 Å². The number of fused-ring (bicyclic) bond motifs is 4. The largest absolute Gasteiger partial charge is 0.454 e. The lowest BCUT2D eigenvalue weighted by atomic mass is 10.0. The number of benzene rings is 3. The predicted molar refractivity (Wildman–Crippen MR) is 89.8 cm³/mol. The number of furan rings is 1. The lowest BCUT2D eigenvalue weighted by molar-refractivity contribution is 0.596. The van der Waals surface area contributed by atoms with Crippen molar-refractivity contribution in [2.75, 3.05) is 0 Å². The summed E-state index contributed by atoms with van der Waals surface area (Å²) in [5.41, 5.74) is 3.97. The van der Waals surface area contributed by atoms with Crippen molar-refractivity contribution in [1.29, 1.82) is 0 Å². The van der Waals surface area contributed by atoms with E-state index >= 15 is 0 Å². The van der Waals surface area contributed by atoms with Crippen molar-refractivity contribution >= 4 is 39.2 Å². The van der Waals surface area contributed by atoms with Crippen molar-refractivity contribution in [2.24, 2.45) is 0 Å². The van der Waals surface area contributed by atoms with Gasteiger partial charge in [-0.3, -0.25) is 0 Å². The molecule has 22 heavy (non-hydrogen) atoms. The topological polar surface area (TPSA) is 27.2 Å². The highest BCUT2D eigenvalue weighted by atomic mass is 16.3. The van der Waals surface area contributed by atoms with E-state index in [0.717, 1.165) is 28.1 Å². The summed E-state index contributed by atoms with van der Waals surface area (Å²) in [4.78, 5) is 0. The summed E-state index contributed by atoms with van der Waals surface area (Å²) >= 11 is 0. The van der Waals surface area contributed by atoms with Crippen molar-refractivity contribution in [1.82, 2.24) is 5.32 Å². The molecule has 0 saturated carbocycles. The molecule has 0 saturated heterocycles. The van der Waals surface area contributed by atoms with Crippen LogP contribution in [0, 0.1) is 0 Å².